The third-order valence-corrected chi connectivity index (χ3v) is 4.56. The van der Waals surface area contributed by atoms with Gasteiger partial charge in [-0.15, -0.1) is 0 Å². The van der Waals surface area contributed by atoms with Crippen molar-refractivity contribution in [3.05, 3.63) is 35.0 Å². The summed E-state index contributed by atoms with van der Waals surface area (Å²) in [5.41, 5.74) is 1.02. The van der Waals surface area contributed by atoms with E-state index < -0.39 is 23.9 Å². The summed E-state index contributed by atoms with van der Waals surface area (Å²) in [6.07, 6.45) is 0. The second-order valence-corrected chi connectivity index (χ2v) is 6.77. The second-order valence-electron chi connectivity index (χ2n) is 5.96. The van der Waals surface area contributed by atoms with Crippen molar-refractivity contribution in [3.8, 4) is 11.5 Å². The van der Waals surface area contributed by atoms with Gasteiger partial charge < -0.3 is 29.6 Å². The summed E-state index contributed by atoms with van der Waals surface area (Å²) in [6, 6.07) is 2.67. The molecule has 2 rings (SSSR count). The van der Waals surface area contributed by atoms with Crippen molar-refractivity contribution >= 4 is 40.9 Å². The van der Waals surface area contributed by atoms with Gasteiger partial charge in [0.25, 0.3) is 0 Å². The van der Waals surface area contributed by atoms with Gasteiger partial charge in [-0.25, -0.2) is 4.79 Å². The van der Waals surface area contributed by atoms with Crippen LogP contribution in [-0.4, -0.2) is 44.0 Å². The molecular formula is C19H23ClN2O6S. The topological polar surface area (TPSA) is 95.1 Å². The first-order valence-electron chi connectivity index (χ1n) is 8.91. The van der Waals surface area contributed by atoms with Crippen molar-refractivity contribution in [3.63, 3.8) is 0 Å². The van der Waals surface area contributed by atoms with E-state index in [1.165, 1.54) is 7.11 Å². The van der Waals surface area contributed by atoms with E-state index in [4.69, 9.17) is 42.8 Å². The highest BCUT2D eigenvalue weighted by molar-refractivity contribution is 7.80. The second kappa shape index (κ2) is 10.3. The van der Waals surface area contributed by atoms with Crippen LogP contribution in [0.4, 0.5) is 0 Å². The van der Waals surface area contributed by atoms with Gasteiger partial charge in [-0.2, -0.15) is 0 Å². The molecule has 1 aromatic rings. The molecule has 0 radical (unpaired) electrons. The molecular weight excluding hydrogens is 420 g/mol. The van der Waals surface area contributed by atoms with Crippen LogP contribution in [-0.2, 0) is 19.1 Å². The van der Waals surface area contributed by atoms with E-state index in [1.807, 2.05) is 0 Å². The van der Waals surface area contributed by atoms with Crippen LogP contribution in [0.25, 0.3) is 0 Å². The van der Waals surface area contributed by atoms with E-state index in [2.05, 4.69) is 17.2 Å². The molecule has 1 aliphatic rings. The smallest absolute Gasteiger partial charge is 0.344 e. The third-order valence-electron chi connectivity index (χ3n) is 4.06. The number of rotatable bonds is 8. The average molecular weight is 443 g/mol. The van der Waals surface area contributed by atoms with Crippen LogP contribution < -0.4 is 20.1 Å². The lowest BCUT2D eigenvalue weighted by Gasteiger charge is -2.35. The maximum absolute atomic E-state index is 12.5. The minimum absolute atomic E-state index is 0.189. The first kappa shape index (κ1) is 22.8. The number of esters is 2. The van der Waals surface area contributed by atoms with Gasteiger partial charge in [0.05, 0.1) is 31.4 Å². The Labute approximate surface area is 179 Å². The average Bonchev–Trinajstić information content (AvgIpc) is 2.66. The van der Waals surface area contributed by atoms with Gasteiger partial charge in [0.2, 0.25) is 0 Å². The normalized spacial score (nSPS) is 18.3. The highest BCUT2D eigenvalue weighted by atomic mass is 35.5. The first-order chi connectivity index (χ1) is 13.8. The molecule has 0 saturated carbocycles. The van der Waals surface area contributed by atoms with Crippen molar-refractivity contribution in [2.45, 2.75) is 19.9 Å². The summed E-state index contributed by atoms with van der Waals surface area (Å²) >= 11 is 11.6. The number of methoxy groups -OCH3 is 1. The van der Waals surface area contributed by atoms with Crippen LogP contribution in [0.3, 0.4) is 0 Å². The minimum Gasteiger partial charge on any atom is -0.493 e. The van der Waals surface area contributed by atoms with Gasteiger partial charge in [-0.3, -0.25) is 4.79 Å². The Bertz CT molecular complexity index is 816. The maximum Gasteiger partial charge on any atom is 0.344 e. The van der Waals surface area contributed by atoms with E-state index in [9.17, 15) is 9.59 Å². The fraction of sp³-hybridized carbons (Fsp3) is 0.421. The number of ether oxygens (including phenoxy) is 4. The number of hydrogen-bond acceptors (Lipinski definition) is 7. The van der Waals surface area contributed by atoms with E-state index in [-0.39, 0.29) is 36.3 Å². The summed E-state index contributed by atoms with van der Waals surface area (Å²) < 4.78 is 20.9. The number of nitrogens with one attached hydrogen (secondary N) is 2. The highest BCUT2D eigenvalue weighted by Gasteiger charge is 2.38. The summed E-state index contributed by atoms with van der Waals surface area (Å²) in [4.78, 5) is 24.1. The number of halogens is 1. The maximum atomic E-state index is 12.5. The van der Waals surface area contributed by atoms with E-state index in [0.717, 1.165) is 0 Å². The van der Waals surface area contributed by atoms with Crippen LogP contribution in [0.1, 0.15) is 25.5 Å². The molecule has 0 bridgehead atoms. The number of hydrogen-bond donors (Lipinski definition) is 2. The Morgan fingerprint density at radius 1 is 1.24 bits per heavy atom. The number of thiocarbonyl (C=S) groups is 1. The molecule has 10 heteroatoms. The Hall–Kier alpha value is -2.52. The molecule has 1 fully saturated rings. The lowest BCUT2D eigenvalue weighted by atomic mass is 9.89. The quantitative estimate of drug-likeness (QED) is 0.465. The zero-order chi connectivity index (χ0) is 21.6. The lowest BCUT2D eigenvalue weighted by Crippen LogP contribution is -2.51. The number of carbonyl (C=O) groups is 2. The first-order valence-corrected chi connectivity index (χ1v) is 9.69. The summed E-state index contributed by atoms with van der Waals surface area (Å²) in [5, 5.41) is 6.41. The number of benzene rings is 1. The molecule has 158 valence electrons. The van der Waals surface area contributed by atoms with Crippen molar-refractivity contribution < 1.29 is 28.5 Å². The largest absolute Gasteiger partial charge is 0.493 e. The molecule has 1 heterocycles. The zero-order valence-electron chi connectivity index (χ0n) is 16.4. The van der Waals surface area contributed by atoms with Crippen molar-refractivity contribution in [2.24, 2.45) is 5.92 Å². The monoisotopic (exact) mass is 442 g/mol. The minimum atomic E-state index is -0.742. The van der Waals surface area contributed by atoms with Crippen LogP contribution in [0.15, 0.2) is 24.4 Å². The van der Waals surface area contributed by atoms with Gasteiger partial charge >= 0.3 is 11.9 Å². The third kappa shape index (κ3) is 5.51. The SMILES string of the molecule is C=C1NC(=S)N[C@H](c2cc(Cl)c(OCC(=O)OCC)c(OC)c2)[C@H]1C(=O)OCC. The number of carbonyl (C=O) groups excluding carboxylic acids is 2. The molecule has 2 atom stereocenters. The lowest BCUT2D eigenvalue weighted by molar-refractivity contribution is -0.148. The van der Waals surface area contributed by atoms with Crippen LogP contribution >= 0.6 is 23.8 Å². The predicted molar refractivity (Wildman–Crippen MR) is 111 cm³/mol. The molecule has 0 amide bonds. The van der Waals surface area contributed by atoms with Crippen molar-refractivity contribution in [1.29, 1.82) is 0 Å². The molecule has 0 aliphatic carbocycles. The fourth-order valence-electron chi connectivity index (χ4n) is 2.86. The van der Waals surface area contributed by atoms with E-state index in [0.29, 0.717) is 16.4 Å². The molecule has 0 aromatic heterocycles. The van der Waals surface area contributed by atoms with Crippen LogP contribution in [0.2, 0.25) is 5.02 Å². The zero-order valence-corrected chi connectivity index (χ0v) is 17.9. The van der Waals surface area contributed by atoms with Gasteiger partial charge in [0.1, 0.15) is 5.92 Å². The molecule has 1 aromatic carbocycles. The molecule has 0 spiro atoms. The van der Waals surface area contributed by atoms with Crippen molar-refractivity contribution in [1.82, 2.24) is 10.6 Å². The van der Waals surface area contributed by atoms with Gasteiger partial charge in [-0.05, 0) is 43.8 Å². The van der Waals surface area contributed by atoms with E-state index in [1.54, 1.807) is 26.0 Å². The Morgan fingerprint density at radius 2 is 1.93 bits per heavy atom. The van der Waals surface area contributed by atoms with Gasteiger partial charge in [0, 0.05) is 5.70 Å². The highest BCUT2D eigenvalue weighted by Crippen LogP contribution is 2.40. The van der Waals surface area contributed by atoms with Crippen LogP contribution in [0.5, 0.6) is 11.5 Å². The standard InChI is InChI=1S/C19H23ClN2O6S/c1-5-26-14(23)9-28-17-12(20)7-11(8-13(17)25-4)16-15(18(24)27-6-2)10(3)21-19(29)22-16/h7-8,15-16H,3,5-6,9H2,1-2,4H3,(H2,21,22,29)/t15-,16+/m0/s1. The Balaban J connectivity index is 2.37. The summed E-state index contributed by atoms with van der Waals surface area (Å²) in [6.45, 7) is 7.47. The Kier molecular flexibility index (Phi) is 8.10. The Morgan fingerprint density at radius 3 is 2.55 bits per heavy atom. The molecule has 1 saturated heterocycles. The molecule has 0 unspecified atom stereocenters. The van der Waals surface area contributed by atoms with Crippen molar-refractivity contribution in [2.75, 3.05) is 26.9 Å². The van der Waals surface area contributed by atoms with Gasteiger partial charge in [0.15, 0.2) is 23.2 Å². The summed E-state index contributed by atoms with van der Waals surface area (Å²) in [5.74, 6) is -1.25. The molecule has 29 heavy (non-hydrogen) atoms. The molecule has 2 N–H and O–H groups in total. The van der Waals surface area contributed by atoms with E-state index >= 15 is 0 Å². The predicted octanol–water partition coefficient (Wildman–Crippen LogP) is 2.50. The summed E-state index contributed by atoms with van der Waals surface area (Å²) in [7, 11) is 1.44. The molecule has 1 aliphatic heterocycles. The van der Waals surface area contributed by atoms with Crippen LogP contribution in [0, 0.1) is 5.92 Å². The fourth-order valence-corrected chi connectivity index (χ4v) is 3.40. The van der Waals surface area contributed by atoms with Gasteiger partial charge in [-0.1, -0.05) is 18.2 Å². The molecule has 8 nitrogen and oxygen atoms in total.